The van der Waals surface area contributed by atoms with E-state index in [1.807, 2.05) is 6.92 Å². The molecular weight excluding hydrogens is 184 g/mol. The second-order valence-corrected chi connectivity index (χ2v) is 4.44. The van der Waals surface area contributed by atoms with E-state index >= 15 is 0 Å². The molecule has 0 aliphatic heterocycles. The van der Waals surface area contributed by atoms with E-state index < -0.39 is 0 Å². The van der Waals surface area contributed by atoms with Crippen molar-refractivity contribution in [2.24, 2.45) is 5.73 Å². The Bertz CT molecular complexity index is 480. The Morgan fingerprint density at radius 1 is 1.33 bits per heavy atom. The van der Waals surface area contributed by atoms with Crippen LogP contribution in [0.4, 0.5) is 0 Å². The summed E-state index contributed by atoms with van der Waals surface area (Å²) in [4.78, 5) is 3.38. The minimum atomic E-state index is 0.225. The van der Waals surface area contributed by atoms with Gasteiger partial charge in [-0.25, -0.2) is 0 Å². The topological polar surface area (TPSA) is 41.8 Å². The van der Waals surface area contributed by atoms with E-state index in [4.69, 9.17) is 5.73 Å². The quantitative estimate of drug-likeness (QED) is 0.772. The smallest absolute Gasteiger partial charge is 0.0458 e. The van der Waals surface area contributed by atoms with Crippen molar-refractivity contribution >= 4 is 10.9 Å². The highest BCUT2D eigenvalue weighted by Crippen LogP contribution is 2.22. The third kappa shape index (κ3) is 1.90. The van der Waals surface area contributed by atoms with Gasteiger partial charge in [-0.2, -0.15) is 0 Å². The molecule has 1 aromatic heterocycles. The highest BCUT2D eigenvalue weighted by Gasteiger charge is 2.05. The van der Waals surface area contributed by atoms with E-state index in [-0.39, 0.29) is 6.04 Å². The Kier molecular flexibility index (Phi) is 2.53. The monoisotopic (exact) mass is 202 g/mol. The second kappa shape index (κ2) is 3.70. The van der Waals surface area contributed by atoms with Crippen LogP contribution in [-0.4, -0.2) is 11.0 Å². The number of aryl methyl sites for hydroxylation is 2. The first kappa shape index (κ1) is 10.2. The molecule has 3 N–H and O–H groups in total. The van der Waals surface area contributed by atoms with Crippen molar-refractivity contribution in [1.29, 1.82) is 0 Å². The van der Waals surface area contributed by atoms with Gasteiger partial charge in [0, 0.05) is 22.6 Å². The fourth-order valence-corrected chi connectivity index (χ4v) is 2.01. The van der Waals surface area contributed by atoms with Gasteiger partial charge in [0.05, 0.1) is 0 Å². The molecule has 1 unspecified atom stereocenters. The number of hydrogen-bond donors (Lipinski definition) is 2. The maximum absolute atomic E-state index is 5.80. The lowest BCUT2D eigenvalue weighted by molar-refractivity contribution is 0.739. The van der Waals surface area contributed by atoms with Gasteiger partial charge in [0.2, 0.25) is 0 Å². The van der Waals surface area contributed by atoms with Gasteiger partial charge in [-0.1, -0.05) is 6.07 Å². The molecule has 0 aliphatic rings. The van der Waals surface area contributed by atoms with Crippen molar-refractivity contribution < 1.29 is 0 Å². The highest BCUT2D eigenvalue weighted by atomic mass is 14.7. The number of rotatable bonds is 2. The first-order valence-corrected chi connectivity index (χ1v) is 5.41. The van der Waals surface area contributed by atoms with Gasteiger partial charge in [0.15, 0.2) is 0 Å². The van der Waals surface area contributed by atoms with Gasteiger partial charge >= 0.3 is 0 Å². The molecule has 15 heavy (non-hydrogen) atoms. The second-order valence-electron chi connectivity index (χ2n) is 4.44. The first-order chi connectivity index (χ1) is 7.08. The van der Waals surface area contributed by atoms with Crippen molar-refractivity contribution in [3.05, 3.63) is 35.0 Å². The summed E-state index contributed by atoms with van der Waals surface area (Å²) in [5, 5.41) is 1.32. The molecule has 0 saturated heterocycles. The molecule has 80 valence electrons. The summed E-state index contributed by atoms with van der Waals surface area (Å²) in [6, 6.07) is 6.77. The molecule has 1 atom stereocenters. The summed E-state index contributed by atoms with van der Waals surface area (Å²) >= 11 is 0. The lowest BCUT2D eigenvalue weighted by Crippen LogP contribution is -2.17. The Morgan fingerprint density at radius 3 is 2.73 bits per heavy atom. The fourth-order valence-electron chi connectivity index (χ4n) is 2.01. The summed E-state index contributed by atoms with van der Waals surface area (Å²) in [7, 11) is 0. The predicted octanol–water partition coefficient (Wildman–Crippen LogP) is 2.67. The third-order valence-electron chi connectivity index (χ3n) is 2.93. The summed E-state index contributed by atoms with van der Waals surface area (Å²) < 4.78 is 0. The minimum absolute atomic E-state index is 0.225. The Balaban J connectivity index is 2.49. The van der Waals surface area contributed by atoms with Gasteiger partial charge in [-0.15, -0.1) is 0 Å². The highest BCUT2D eigenvalue weighted by molar-refractivity contribution is 5.84. The van der Waals surface area contributed by atoms with Crippen LogP contribution >= 0.6 is 0 Å². The zero-order valence-electron chi connectivity index (χ0n) is 9.59. The van der Waals surface area contributed by atoms with Gasteiger partial charge in [0.25, 0.3) is 0 Å². The van der Waals surface area contributed by atoms with Gasteiger partial charge in [-0.05, 0) is 50.5 Å². The zero-order chi connectivity index (χ0) is 11.0. The standard InChI is InChI=1S/C13H18N2/c1-8(14)6-11-4-5-13-12(7-11)9(2)10(3)15-13/h4-5,7-8,15H,6,14H2,1-3H3. The predicted molar refractivity (Wildman–Crippen MR) is 65.1 cm³/mol. The SMILES string of the molecule is Cc1[nH]c2ccc(CC(C)N)cc2c1C. The van der Waals surface area contributed by atoms with Crippen molar-refractivity contribution in [2.75, 3.05) is 0 Å². The minimum Gasteiger partial charge on any atom is -0.358 e. The van der Waals surface area contributed by atoms with E-state index in [2.05, 4.69) is 37.0 Å². The van der Waals surface area contributed by atoms with E-state index in [1.165, 1.54) is 27.7 Å². The maximum Gasteiger partial charge on any atom is 0.0458 e. The average molecular weight is 202 g/mol. The van der Waals surface area contributed by atoms with Crippen LogP contribution in [0.1, 0.15) is 23.7 Å². The molecule has 1 aromatic carbocycles. The molecule has 2 rings (SSSR count). The molecule has 0 spiro atoms. The van der Waals surface area contributed by atoms with Crippen LogP contribution in [0.3, 0.4) is 0 Å². The Labute approximate surface area is 90.5 Å². The number of nitrogens with two attached hydrogens (primary N) is 1. The molecule has 1 heterocycles. The molecule has 0 radical (unpaired) electrons. The largest absolute Gasteiger partial charge is 0.358 e. The molecular formula is C13H18N2. The molecule has 2 nitrogen and oxygen atoms in total. The molecule has 0 aliphatic carbocycles. The van der Waals surface area contributed by atoms with Crippen LogP contribution < -0.4 is 5.73 Å². The van der Waals surface area contributed by atoms with Crippen molar-refractivity contribution in [1.82, 2.24) is 4.98 Å². The third-order valence-corrected chi connectivity index (χ3v) is 2.93. The number of hydrogen-bond acceptors (Lipinski definition) is 1. The van der Waals surface area contributed by atoms with Gasteiger partial charge < -0.3 is 10.7 Å². The van der Waals surface area contributed by atoms with E-state index in [1.54, 1.807) is 0 Å². The number of fused-ring (bicyclic) bond motifs is 1. The molecule has 2 aromatic rings. The number of aromatic nitrogens is 1. The fraction of sp³-hybridized carbons (Fsp3) is 0.385. The maximum atomic E-state index is 5.80. The summed E-state index contributed by atoms with van der Waals surface area (Å²) in [5.41, 5.74) is 10.9. The number of nitrogens with one attached hydrogen (secondary N) is 1. The van der Waals surface area contributed by atoms with Crippen LogP contribution in [0.25, 0.3) is 10.9 Å². The van der Waals surface area contributed by atoms with E-state index in [0.29, 0.717) is 0 Å². The van der Waals surface area contributed by atoms with Crippen molar-refractivity contribution in [3.63, 3.8) is 0 Å². The summed E-state index contributed by atoms with van der Waals surface area (Å²) in [6.45, 7) is 6.31. The summed E-state index contributed by atoms with van der Waals surface area (Å²) in [6.07, 6.45) is 0.944. The van der Waals surface area contributed by atoms with Gasteiger partial charge in [-0.3, -0.25) is 0 Å². The Morgan fingerprint density at radius 2 is 2.07 bits per heavy atom. The summed E-state index contributed by atoms with van der Waals surface area (Å²) in [5.74, 6) is 0. The molecule has 2 heteroatoms. The molecule has 0 bridgehead atoms. The first-order valence-electron chi connectivity index (χ1n) is 5.41. The molecule has 0 fully saturated rings. The number of benzene rings is 1. The number of H-pyrrole nitrogens is 1. The van der Waals surface area contributed by atoms with Crippen LogP contribution in [0, 0.1) is 13.8 Å². The van der Waals surface area contributed by atoms with Gasteiger partial charge in [0.1, 0.15) is 0 Å². The van der Waals surface area contributed by atoms with Crippen LogP contribution in [0.15, 0.2) is 18.2 Å². The molecule has 0 amide bonds. The number of aromatic amines is 1. The lowest BCUT2D eigenvalue weighted by Gasteiger charge is -2.05. The van der Waals surface area contributed by atoms with Crippen LogP contribution in [-0.2, 0) is 6.42 Å². The zero-order valence-corrected chi connectivity index (χ0v) is 9.59. The van der Waals surface area contributed by atoms with E-state index in [9.17, 15) is 0 Å². The normalized spacial score (nSPS) is 13.3. The Hall–Kier alpha value is -1.28. The van der Waals surface area contributed by atoms with Crippen LogP contribution in [0.5, 0.6) is 0 Å². The van der Waals surface area contributed by atoms with Crippen LogP contribution in [0.2, 0.25) is 0 Å². The van der Waals surface area contributed by atoms with Crippen molar-refractivity contribution in [2.45, 2.75) is 33.2 Å². The average Bonchev–Trinajstić information content (AvgIpc) is 2.43. The van der Waals surface area contributed by atoms with E-state index in [0.717, 1.165) is 6.42 Å². The lowest BCUT2D eigenvalue weighted by atomic mass is 10.0. The van der Waals surface area contributed by atoms with Crippen molar-refractivity contribution in [3.8, 4) is 0 Å². The molecule has 0 saturated carbocycles.